The van der Waals surface area contributed by atoms with Gasteiger partial charge in [-0.15, -0.1) is 0 Å². The van der Waals surface area contributed by atoms with E-state index in [1.54, 1.807) is 31.4 Å². The third kappa shape index (κ3) is 5.44. The summed E-state index contributed by atoms with van der Waals surface area (Å²) in [6.07, 6.45) is 1.50. The minimum Gasteiger partial charge on any atom is -0.384 e. The summed E-state index contributed by atoms with van der Waals surface area (Å²) in [5.74, 6) is -0.0193. The van der Waals surface area contributed by atoms with Crippen molar-refractivity contribution in [3.63, 3.8) is 0 Å². The summed E-state index contributed by atoms with van der Waals surface area (Å²) in [5, 5.41) is 11.8. The molecule has 3 amide bonds. The van der Waals surface area contributed by atoms with Gasteiger partial charge in [0.15, 0.2) is 0 Å². The van der Waals surface area contributed by atoms with Crippen LogP contribution in [0.2, 0.25) is 0 Å². The van der Waals surface area contributed by atoms with E-state index < -0.39 is 5.41 Å². The zero-order valence-electron chi connectivity index (χ0n) is 15.1. The van der Waals surface area contributed by atoms with Crippen molar-refractivity contribution >= 4 is 23.3 Å². The Morgan fingerprint density at radius 1 is 1.12 bits per heavy atom. The van der Waals surface area contributed by atoms with Crippen LogP contribution in [0.15, 0.2) is 24.3 Å². The summed E-state index contributed by atoms with van der Waals surface area (Å²) in [4.78, 5) is 24.5. The lowest BCUT2D eigenvalue weighted by Crippen LogP contribution is -2.47. The van der Waals surface area contributed by atoms with Crippen molar-refractivity contribution in [2.75, 3.05) is 37.4 Å². The Balaban J connectivity index is 1.97. The monoisotopic (exact) mass is 348 g/mol. The number of methoxy groups -OCH3 is 1. The molecular formula is C18H28N4O3. The number of carbonyl (C=O) groups excluding carboxylic acids is 2. The normalized spacial score (nSPS) is 16.3. The van der Waals surface area contributed by atoms with Crippen LogP contribution >= 0.6 is 0 Å². The number of hydrogen-bond acceptors (Lipinski definition) is 4. The van der Waals surface area contributed by atoms with Gasteiger partial charge in [-0.25, -0.2) is 4.79 Å². The lowest BCUT2D eigenvalue weighted by molar-refractivity contribution is -0.130. The first-order chi connectivity index (χ1) is 11.9. The maximum atomic E-state index is 12.8. The minimum atomic E-state index is -0.492. The zero-order chi connectivity index (χ0) is 18.3. The van der Waals surface area contributed by atoms with E-state index in [4.69, 9.17) is 4.74 Å². The van der Waals surface area contributed by atoms with Crippen LogP contribution in [0.25, 0.3) is 0 Å². The number of benzene rings is 1. The largest absolute Gasteiger partial charge is 0.384 e. The zero-order valence-corrected chi connectivity index (χ0v) is 15.1. The number of amides is 3. The number of hydrogen-bond donors (Lipinski definition) is 4. The van der Waals surface area contributed by atoms with Crippen molar-refractivity contribution in [1.82, 2.24) is 10.6 Å². The highest BCUT2D eigenvalue weighted by Crippen LogP contribution is 2.31. The summed E-state index contributed by atoms with van der Waals surface area (Å²) < 4.78 is 5.29. The van der Waals surface area contributed by atoms with Crippen molar-refractivity contribution in [3.8, 4) is 0 Å². The highest BCUT2D eigenvalue weighted by molar-refractivity contribution is 5.96. The number of nitrogens with one attached hydrogen (secondary N) is 4. The average Bonchev–Trinajstić information content (AvgIpc) is 2.57. The van der Waals surface area contributed by atoms with Gasteiger partial charge in [0, 0.05) is 24.5 Å². The maximum absolute atomic E-state index is 12.8. The molecule has 1 saturated heterocycles. The smallest absolute Gasteiger partial charge is 0.319 e. The van der Waals surface area contributed by atoms with E-state index in [0.717, 1.165) is 25.9 Å². The SMILES string of the molecule is COCC1(C(=O)Nc2ccc(NC(=O)NC(C)C)cc2)CCNCC1. The number of carbonyl (C=O) groups is 2. The predicted molar refractivity (Wildman–Crippen MR) is 98.8 cm³/mol. The van der Waals surface area contributed by atoms with Gasteiger partial charge in [0.25, 0.3) is 0 Å². The Kier molecular flexibility index (Phi) is 6.78. The van der Waals surface area contributed by atoms with Gasteiger partial charge in [0.05, 0.1) is 12.0 Å². The van der Waals surface area contributed by atoms with Crippen molar-refractivity contribution in [2.45, 2.75) is 32.7 Å². The predicted octanol–water partition coefficient (Wildman–Crippen LogP) is 2.17. The van der Waals surface area contributed by atoms with Gasteiger partial charge in [-0.3, -0.25) is 4.79 Å². The van der Waals surface area contributed by atoms with Gasteiger partial charge in [-0.2, -0.15) is 0 Å². The molecule has 1 aliphatic heterocycles. The number of piperidine rings is 1. The van der Waals surface area contributed by atoms with Crippen LogP contribution < -0.4 is 21.3 Å². The molecule has 0 radical (unpaired) electrons. The lowest BCUT2D eigenvalue weighted by atomic mass is 9.78. The van der Waals surface area contributed by atoms with Gasteiger partial charge in [-0.1, -0.05) is 0 Å². The Bertz CT molecular complexity index is 575. The first kappa shape index (κ1) is 19.2. The molecule has 1 heterocycles. The molecule has 4 N–H and O–H groups in total. The Labute approximate surface area is 148 Å². The second kappa shape index (κ2) is 8.82. The molecule has 0 aromatic heterocycles. The van der Waals surface area contributed by atoms with Crippen LogP contribution in [0.4, 0.5) is 16.2 Å². The molecule has 1 fully saturated rings. The molecule has 138 valence electrons. The van der Waals surface area contributed by atoms with Crippen LogP contribution in [0, 0.1) is 5.41 Å². The van der Waals surface area contributed by atoms with Crippen LogP contribution in [-0.4, -0.2) is 44.8 Å². The molecule has 2 rings (SSSR count). The first-order valence-electron chi connectivity index (χ1n) is 8.64. The summed E-state index contributed by atoms with van der Waals surface area (Å²) in [6.45, 7) is 5.83. The highest BCUT2D eigenvalue weighted by Gasteiger charge is 2.39. The van der Waals surface area contributed by atoms with Crippen LogP contribution in [-0.2, 0) is 9.53 Å². The number of ether oxygens (including phenoxy) is 1. The quantitative estimate of drug-likeness (QED) is 0.634. The fraction of sp³-hybridized carbons (Fsp3) is 0.556. The van der Waals surface area contributed by atoms with E-state index in [0.29, 0.717) is 18.0 Å². The Morgan fingerprint density at radius 2 is 1.68 bits per heavy atom. The molecule has 0 aliphatic carbocycles. The topological polar surface area (TPSA) is 91.5 Å². The van der Waals surface area contributed by atoms with Crippen LogP contribution in [0.3, 0.4) is 0 Å². The number of rotatable bonds is 6. The summed E-state index contributed by atoms with van der Waals surface area (Å²) in [7, 11) is 1.62. The fourth-order valence-electron chi connectivity index (χ4n) is 2.95. The van der Waals surface area contributed by atoms with Crippen molar-refractivity contribution in [2.24, 2.45) is 5.41 Å². The van der Waals surface area contributed by atoms with Gasteiger partial charge < -0.3 is 26.0 Å². The van der Waals surface area contributed by atoms with E-state index in [-0.39, 0.29) is 18.0 Å². The molecule has 7 heteroatoms. The molecule has 0 unspecified atom stereocenters. The second-order valence-corrected chi connectivity index (χ2v) is 6.75. The van der Waals surface area contributed by atoms with Crippen molar-refractivity contribution in [1.29, 1.82) is 0 Å². The van der Waals surface area contributed by atoms with Gasteiger partial charge in [-0.05, 0) is 64.0 Å². The standard InChI is InChI=1S/C18H28N4O3/c1-13(2)20-17(24)22-15-6-4-14(5-7-15)21-16(23)18(12-25-3)8-10-19-11-9-18/h4-7,13,19H,8-12H2,1-3H3,(H,21,23)(H2,20,22,24). The van der Waals surface area contributed by atoms with E-state index in [1.807, 2.05) is 13.8 Å². The molecule has 25 heavy (non-hydrogen) atoms. The summed E-state index contributed by atoms with van der Waals surface area (Å²) >= 11 is 0. The molecule has 0 atom stereocenters. The minimum absolute atomic E-state index is 0.0193. The third-order valence-electron chi connectivity index (χ3n) is 4.28. The number of anilines is 2. The molecule has 7 nitrogen and oxygen atoms in total. The highest BCUT2D eigenvalue weighted by atomic mass is 16.5. The summed E-state index contributed by atoms with van der Waals surface area (Å²) in [6, 6.07) is 6.91. The molecule has 1 aromatic carbocycles. The number of urea groups is 1. The maximum Gasteiger partial charge on any atom is 0.319 e. The fourth-order valence-corrected chi connectivity index (χ4v) is 2.95. The molecule has 0 saturated carbocycles. The van der Waals surface area contributed by atoms with E-state index in [1.165, 1.54) is 0 Å². The second-order valence-electron chi connectivity index (χ2n) is 6.75. The molecule has 1 aromatic rings. The Hall–Kier alpha value is -2.12. The van der Waals surface area contributed by atoms with Crippen molar-refractivity contribution in [3.05, 3.63) is 24.3 Å². The van der Waals surface area contributed by atoms with Crippen LogP contribution in [0.1, 0.15) is 26.7 Å². The van der Waals surface area contributed by atoms with E-state index in [9.17, 15) is 9.59 Å². The average molecular weight is 348 g/mol. The molecule has 0 spiro atoms. The molecular weight excluding hydrogens is 320 g/mol. The van der Waals surface area contributed by atoms with Gasteiger partial charge in [0.2, 0.25) is 5.91 Å². The van der Waals surface area contributed by atoms with Crippen molar-refractivity contribution < 1.29 is 14.3 Å². The van der Waals surface area contributed by atoms with Gasteiger partial charge >= 0.3 is 6.03 Å². The van der Waals surface area contributed by atoms with E-state index >= 15 is 0 Å². The third-order valence-corrected chi connectivity index (χ3v) is 4.28. The molecule has 1 aliphatic rings. The van der Waals surface area contributed by atoms with Crippen LogP contribution in [0.5, 0.6) is 0 Å². The Morgan fingerprint density at radius 3 is 2.20 bits per heavy atom. The van der Waals surface area contributed by atoms with E-state index in [2.05, 4.69) is 21.3 Å². The summed E-state index contributed by atoms with van der Waals surface area (Å²) in [5.41, 5.74) is 0.882. The lowest BCUT2D eigenvalue weighted by Gasteiger charge is -2.35. The molecule has 0 bridgehead atoms. The first-order valence-corrected chi connectivity index (χ1v) is 8.64. The van der Waals surface area contributed by atoms with Gasteiger partial charge in [0.1, 0.15) is 0 Å².